The maximum absolute atomic E-state index is 14.8. The van der Waals surface area contributed by atoms with Crippen LogP contribution >= 0.6 is 0 Å². The molecule has 0 radical (unpaired) electrons. The van der Waals surface area contributed by atoms with Crippen molar-refractivity contribution in [1.82, 2.24) is 25.0 Å². The Kier molecular flexibility index (Phi) is 9.81. The highest BCUT2D eigenvalue weighted by Crippen LogP contribution is 2.39. The molecule has 0 aliphatic carbocycles. The Bertz CT molecular complexity index is 2320. The fourth-order valence-corrected chi connectivity index (χ4v) is 8.53. The molecule has 0 saturated carbocycles. The van der Waals surface area contributed by atoms with Crippen LogP contribution in [0.2, 0.25) is 0 Å². The molecule has 17 heteroatoms. The standard InChI is InChI=1S/C40H44N10O7/c41-35(51)30-16-26-25-8-3-4-9-27(25)46-29(26)19-49(30)37(53)28(10-5-11-45-39(42)43)47-36(52)31-13-23-14-33-34(57-20-56-33)15-24(23)18-48(31)38(54)32-12-21-6-1-2-7-22(21)17-50(32)40(44)55/h1-4,6-9,14-15,28,30-32,46H,5,10-13,16-20H2,(H2,41,51)(H2,44,55)(H,47,52)(H4,42,43,45)/t28-,30?,31?,32-/m0/s1. The third-order valence-corrected chi connectivity index (χ3v) is 11.4. The van der Waals surface area contributed by atoms with Gasteiger partial charge in [-0.15, -0.1) is 0 Å². The summed E-state index contributed by atoms with van der Waals surface area (Å²) in [4.78, 5) is 81.5. The van der Waals surface area contributed by atoms with E-state index in [1.54, 1.807) is 12.1 Å². The molecule has 0 saturated heterocycles. The Labute approximate surface area is 327 Å². The number of hydrogen-bond acceptors (Lipinski definition) is 8. The normalized spacial score (nSPS) is 19.9. The van der Waals surface area contributed by atoms with Crippen LogP contribution < -0.4 is 37.7 Å². The number of urea groups is 1. The van der Waals surface area contributed by atoms with Gasteiger partial charge in [-0.2, -0.15) is 0 Å². The summed E-state index contributed by atoms with van der Waals surface area (Å²) < 4.78 is 11.3. The van der Waals surface area contributed by atoms with Crippen molar-refractivity contribution in [3.63, 3.8) is 0 Å². The molecule has 8 rings (SSSR count). The molecule has 6 amide bonds. The van der Waals surface area contributed by atoms with Gasteiger partial charge in [0.05, 0.1) is 6.54 Å². The number of H-pyrrole nitrogens is 1. The van der Waals surface area contributed by atoms with Gasteiger partial charge >= 0.3 is 6.03 Å². The summed E-state index contributed by atoms with van der Waals surface area (Å²) in [6.45, 7) is 0.400. The Balaban J connectivity index is 1.12. The van der Waals surface area contributed by atoms with Crippen LogP contribution in [-0.4, -0.2) is 92.8 Å². The van der Waals surface area contributed by atoms with Gasteiger partial charge in [0.25, 0.3) is 0 Å². The fraction of sp³-hybridized carbons (Fsp3) is 0.350. The van der Waals surface area contributed by atoms with Gasteiger partial charge in [0.2, 0.25) is 30.4 Å². The lowest BCUT2D eigenvalue weighted by molar-refractivity contribution is -0.148. The van der Waals surface area contributed by atoms with E-state index in [1.807, 2.05) is 48.5 Å². The van der Waals surface area contributed by atoms with E-state index in [9.17, 15) is 24.0 Å². The molecule has 10 N–H and O–H groups in total. The molecule has 4 aliphatic rings. The average Bonchev–Trinajstić information content (AvgIpc) is 3.82. The SMILES string of the molecule is NC(=O)C1Cc2c([nH]c3ccccc23)CN1C(=O)[C@H](CCCN=C(N)N)NC(=O)C1Cc2cc3c(cc2CN1C(=O)[C@@H]1Cc2ccccc2CN1C(N)=O)OCO3. The molecule has 296 valence electrons. The number of hydrogen-bond donors (Lipinski definition) is 6. The minimum absolute atomic E-state index is 0.00970. The summed E-state index contributed by atoms with van der Waals surface area (Å²) in [5.74, 6) is -1.37. The third-order valence-electron chi connectivity index (χ3n) is 11.4. The van der Waals surface area contributed by atoms with Gasteiger partial charge in [-0.3, -0.25) is 24.2 Å². The second-order valence-electron chi connectivity index (χ2n) is 14.8. The highest BCUT2D eigenvalue weighted by molar-refractivity contribution is 5.97. The van der Waals surface area contributed by atoms with Crippen molar-refractivity contribution in [2.24, 2.45) is 27.9 Å². The molecule has 0 bridgehead atoms. The molecule has 0 spiro atoms. The van der Waals surface area contributed by atoms with E-state index in [0.29, 0.717) is 17.9 Å². The number of nitrogens with one attached hydrogen (secondary N) is 2. The molecule has 4 atom stereocenters. The van der Waals surface area contributed by atoms with Gasteiger partial charge in [0.15, 0.2) is 17.5 Å². The zero-order valence-electron chi connectivity index (χ0n) is 31.1. The van der Waals surface area contributed by atoms with E-state index in [1.165, 1.54) is 14.7 Å². The van der Waals surface area contributed by atoms with E-state index >= 15 is 0 Å². The first-order valence-corrected chi connectivity index (χ1v) is 18.9. The van der Waals surface area contributed by atoms with Crippen molar-refractivity contribution in [3.05, 3.63) is 94.2 Å². The van der Waals surface area contributed by atoms with E-state index in [-0.39, 0.29) is 64.6 Å². The number of ether oxygens (including phenoxy) is 2. The average molecular weight is 777 g/mol. The lowest BCUT2D eigenvalue weighted by Crippen LogP contribution is -2.62. The smallest absolute Gasteiger partial charge is 0.315 e. The molecule has 4 aliphatic heterocycles. The van der Waals surface area contributed by atoms with Crippen LogP contribution in [-0.2, 0) is 58.1 Å². The molecule has 0 fully saturated rings. The summed E-state index contributed by atoms with van der Waals surface area (Å²) in [7, 11) is 0. The van der Waals surface area contributed by atoms with Gasteiger partial charge < -0.3 is 57.4 Å². The van der Waals surface area contributed by atoms with Crippen molar-refractivity contribution in [2.75, 3.05) is 13.3 Å². The zero-order chi connectivity index (χ0) is 40.0. The number of fused-ring (bicyclic) bond motifs is 6. The minimum Gasteiger partial charge on any atom is -0.454 e. The van der Waals surface area contributed by atoms with Crippen LogP contribution in [0, 0.1) is 0 Å². The van der Waals surface area contributed by atoms with Crippen LogP contribution in [0.4, 0.5) is 4.79 Å². The number of carbonyl (C=O) groups excluding carboxylic acids is 5. The number of nitrogens with two attached hydrogens (primary N) is 4. The number of primary amides is 2. The lowest BCUT2D eigenvalue weighted by Gasteiger charge is -2.42. The molecule has 1 aromatic heterocycles. The lowest BCUT2D eigenvalue weighted by atomic mass is 9.89. The third kappa shape index (κ3) is 7.11. The number of para-hydroxylation sites is 1. The van der Waals surface area contributed by atoms with Crippen LogP contribution in [0.1, 0.15) is 46.4 Å². The fourth-order valence-electron chi connectivity index (χ4n) is 8.53. The Hall–Kier alpha value is -6.78. The van der Waals surface area contributed by atoms with Crippen molar-refractivity contribution in [1.29, 1.82) is 0 Å². The van der Waals surface area contributed by atoms with Crippen molar-refractivity contribution in [3.8, 4) is 11.5 Å². The van der Waals surface area contributed by atoms with E-state index in [4.69, 9.17) is 32.4 Å². The number of rotatable bonds is 9. The molecule has 17 nitrogen and oxygen atoms in total. The molecule has 4 aromatic rings. The number of guanidine groups is 1. The number of aromatic nitrogens is 1. The summed E-state index contributed by atoms with van der Waals surface area (Å²) in [6.07, 6.45) is 0.865. The summed E-state index contributed by atoms with van der Waals surface area (Å²) in [5.41, 5.74) is 28.7. The number of benzene rings is 3. The first kappa shape index (κ1) is 37.2. The second-order valence-corrected chi connectivity index (χ2v) is 14.8. The van der Waals surface area contributed by atoms with Crippen molar-refractivity contribution in [2.45, 2.75) is 75.9 Å². The Morgan fingerprint density at radius 3 is 2.19 bits per heavy atom. The molecular formula is C40H44N10O7. The van der Waals surface area contributed by atoms with Crippen LogP contribution in [0.25, 0.3) is 10.9 Å². The summed E-state index contributed by atoms with van der Waals surface area (Å²) >= 11 is 0. The van der Waals surface area contributed by atoms with Gasteiger partial charge in [-0.1, -0.05) is 42.5 Å². The maximum atomic E-state index is 14.8. The summed E-state index contributed by atoms with van der Waals surface area (Å²) in [5, 5.41) is 3.88. The van der Waals surface area contributed by atoms with Gasteiger partial charge in [0.1, 0.15) is 24.2 Å². The number of aliphatic imine (C=N–C) groups is 1. The predicted octanol–water partition coefficient (Wildman–Crippen LogP) is 0.633. The maximum Gasteiger partial charge on any atom is 0.315 e. The number of aromatic amines is 1. The Morgan fingerprint density at radius 2 is 1.46 bits per heavy atom. The molecule has 5 heterocycles. The molecule has 2 unspecified atom stereocenters. The number of carbonyl (C=O) groups is 5. The van der Waals surface area contributed by atoms with E-state index in [0.717, 1.165) is 44.4 Å². The topological polar surface area (TPSA) is 258 Å². The highest BCUT2D eigenvalue weighted by atomic mass is 16.7. The monoisotopic (exact) mass is 776 g/mol. The molecule has 57 heavy (non-hydrogen) atoms. The van der Waals surface area contributed by atoms with Crippen LogP contribution in [0.3, 0.4) is 0 Å². The first-order valence-electron chi connectivity index (χ1n) is 18.9. The first-order chi connectivity index (χ1) is 27.5. The number of amides is 6. The van der Waals surface area contributed by atoms with E-state index in [2.05, 4.69) is 15.3 Å². The van der Waals surface area contributed by atoms with Crippen LogP contribution in [0.5, 0.6) is 11.5 Å². The van der Waals surface area contributed by atoms with Gasteiger partial charge in [-0.05, 0) is 58.9 Å². The predicted molar refractivity (Wildman–Crippen MR) is 207 cm³/mol. The second kappa shape index (κ2) is 15.0. The van der Waals surface area contributed by atoms with Gasteiger partial charge in [-0.25, -0.2) is 4.79 Å². The molecular weight excluding hydrogens is 733 g/mol. The van der Waals surface area contributed by atoms with Crippen molar-refractivity contribution >= 4 is 46.5 Å². The Morgan fingerprint density at radius 1 is 0.772 bits per heavy atom. The zero-order valence-corrected chi connectivity index (χ0v) is 31.1. The van der Waals surface area contributed by atoms with Crippen molar-refractivity contribution < 1.29 is 33.4 Å². The minimum atomic E-state index is -1.15. The molecule has 3 aromatic carbocycles. The highest BCUT2D eigenvalue weighted by Gasteiger charge is 2.44. The summed E-state index contributed by atoms with van der Waals surface area (Å²) in [6, 6.07) is 13.8. The largest absolute Gasteiger partial charge is 0.454 e. The van der Waals surface area contributed by atoms with E-state index < -0.39 is 53.8 Å². The number of nitrogens with zero attached hydrogens (tertiary/aromatic N) is 4. The van der Waals surface area contributed by atoms with Crippen LogP contribution in [0.15, 0.2) is 65.7 Å². The van der Waals surface area contributed by atoms with Gasteiger partial charge in [0, 0.05) is 55.5 Å². The quantitative estimate of drug-likeness (QED) is 0.0791.